The lowest BCUT2D eigenvalue weighted by molar-refractivity contribution is 0.0687. The molecule has 4 heterocycles. The van der Waals surface area contributed by atoms with Crippen LogP contribution in [0.5, 0.6) is 11.5 Å². The molecule has 0 radical (unpaired) electrons. The highest BCUT2D eigenvalue weighted by Gasteiger charge is 2.38. The lowest BCUT2D eigenvalue weighted by Gasteiger charge is -2.35. The van der Waals surface area contributed by atoms with E-state index in [4.69, 9.17) is 37.4 Å². The van der Waals surface area contributed by atoms with E-state index >= 15 is 4.79 Å². The van der Waals surface area contributed by atoms with Crippen molar-refractivity contribution in [3.05, 3.63) is 92.0 Å². The summed E-state index contributed by atoms with van der Waals surface area (Å²) in [7, 11) is 3.30. The fourth-order valence-electron chi connectivity index (χ4n) is 7.91. The molecule has 1 amide bonds. The molecule has 1 aliphatic rings. The summed E-state index contributed by atoms with van der Waals surface area (Å²) in [4.78, 5) is 29.3. The van der Waals surface area contributed by atoms with Crippen LogP contribution in [0.15, 0.2) is 42.5 Å². The van der Waals surface area contributed by atoms with Crippen molar-refractivity contribution >= 4 is 62.6 Å². The van der Waals surface area contributed by atoms with Crippen LogP contribution in [0.3, 0.4) is 0 Å². The number of fused-ring (bicyclic) bond motifs is 4. The molecular weight excluding hydrogens is 729 g/mol. The molecule has 1 unspecified atom stereocenters. The fourth-order valence-corrected chi connectivity index (χ4v) is 8.27. The van der Waals surface area contributed by atoms with Gasteiger partial charge in [-0.15, -0.1) is 0 Å². The molecule has 282 valence electrons. The molecule has 13 heteroatoms. The number of hydrogen-bond donors (Lipinski definition) is 2. The molecule has 54 heavy (non-hydrogen) atoms. The molecule has 7 rings (SSSR count). The number of aromatic nitrogens is 4. The first-order valence-electron chi connectivity index (χ1n) is 17.9. The van der Waals surface area contributed by atoms with E-state index in [9.17, 15) is 9.90 Å². The Labute approximate surface area is 323 Å². The molecule has 0 spiro atoms. The van der Waals surface area contributed by atoms with Gasteiger partial charge in [-0.2, -0.15) is 5.10 Å². The first-order chi connectivity index (χ1) is 25.8. The number of H-pyrrole nitrogens is 1. The molecule has 0 bridgehead atoms. The maximum Gasteiger partial charge on any atom is 0.352 e. The molecule has 1 atom stereocenters. The SMILES string of the molecule is COCCOc1cc(N2CC(C)n3c(c(CCCOc4cc(C)c(Cl)c(C)c4)c4ccc(Cl)c(-c5c(C)n[nH]c5C)c43)C2=O)c2c(c1)cc(C(=O)O)n2C. The second-order valence-corrected chi connectivity index (χ2v) is 14.8. The van der Waals surface area contributed by atoms with Gasteiger partial charge in [0.05, 0.1) is 40.7 Å². The smallest absolute Gasteiger partial charge is 0.352 e. The quantitative estimate of drug-likeness (QED) is 0.119. The molecule has 11 nitrogen and oxygen atoms in total. The normalized spacial score (nSPS) is 14.4. The Morgan fingerprint density at radius 2 is 1.67 bits per heavy atom. The zero-order valence-electron chi connectivity index (χ0n) is 31.4. The van der Waals surface area contributed by atoms with Gasteiger partial charge in [0.1, 0.15) is 29.5 Å². The lowest BCUT2D eigenvalue weighted by Crippen LogP contribution is -2.43. The minimum absolute atomic E-state index is 0.101. The van der Waals surface area contributed by atoms with Gasteiger partial charge < -0.3 is 33.4 Å². The highest BCUT2D eigenvalue weighted by atomic mass is 35.5. The predicted molar refractivity (Wildman–Crippen MR) is 212 cm³/mol. The second kappa shape index (κ2) is 14.7. The average Bonchev–Trinajstić information content (AvgIpc) is 3.77. The number of aromatic carboxylic acids is 1. The number of carbonyl (C=O) groups excluding carboxylic acids is 1. The van der Waals surface area contributed by atoms with E-state index in [0.29, 0.717) is 65.7 Å². The largest absolute Gasteiger partial charge is 0.494 e. The first-order valence-corrected chi connectivity index (χ1v) is 18.6. The van der Waals surface area contributed by atoms with Gasteiger partial charge in [0.25, 0.3) is 5.91 Å². The Bertz CT molecular complexity index is 2420. The molecule has 3 aromatic carbocycles. The number of hydrogen-bond acceptors (Lipinski definition) is 6. The number of carboxylic acid groups (broad SMARTS) is 1. The third-order valence-corrected chi connectivity index (χ3v) is 11.2. The summed E-state index contributed by atoms with van der Waals surface area (Å²) in [6, 6.07) is 12.8. The van der Waals surface area contributed by atoms with E-state index in [2.05, 4.69) is 21.7 Å². The average molecular weight is 773 g/mol. The number of anilines is 1. The van der Waals surface area contributed by atoms with Gasteiger partial charge in [-0.25, -0.2) is 4.79 Å². The van der Waals surface area contributed by atoms with Crippen LogP contribution in [0.2, 0.25) is 10.0 Å². The number of rotatable bonds is 12. The maximum absolute atomic E-state index is 15.2. The minimum Gasteiger partial charge on any atom is -0.494 e. The highest BCUT2D eigenvalue weighted by molar-refractivity contribution is 6.35. The molecule has 0 saturated heterocycles. The monoisotopic (exact) mass is 771 g/mol. The number of aryl methyl sites for hydroxylation is 6. The summed E-state index contributed by atoms with van der Waals surface area (Å²) >= 11 is 13.5. The van der Waals surface area contributed by atoms with Gasteiger partial charge in [-0.05, 0) is 94.5 Å². The Hall–Kier alpha value is -4.97. The number of ether oxygens (including phenoxy) is 3. The number of amides is 1. The number of carboxylic acids is 1. The Balaban J connectivity index is 1.38. The predicted octanol–water partition coefficient (Wildman–Crippen LogP) is 9.02. The van der Waals surface area contributed by atoms with Gasteiger partial charge in [0.2, 0.25) is 0 Å². The van der Waals surface area contributed by atoms with Crippen LogP contribution >= 0.6 is 23.2 Å². The van der Waals surface area contributed by atoms with Crippen LogP contribution in [0.25, 0.3) is 32.9 Å². The van der Waals surface area contributed by atoms with E-state index in [0.717, 1.165) is 60.9 Å². The standard InChI is InChI=1S/C41H43Cl2N5O6/c1-21-15-27(16-22(2)36(21)43)53-12-8-9-29-30-10-11-31(42)35(34-24(4)44-45-25(34)5)38(30)48-23(3)20-47(40(49)39(29)48)32-19-28(54-14-13-52-7)17-26-18-33(41(50)51)46(6)37(26)32/h10-11,15-19,23H,8-9,12-14,20H2,1-7H3,(H,44,45)(H,50,51). The van der Waals surface area contributed by atoms with E-state index in [-0.39, 0.29) is 24.2 Å². The fraction of sp³-hybridized carbons (Fsp3) is 0.341. The van der Waals surface area contributed by atoms with E-state index in [1.54, 1.807) is 35.8 Å². The molecule has 2 N–H and O–H groups in total. The van der Waals surface area contributed by atoms with Crippen molar-refractivity contribution < 1.29 is 28.9 Å². The molecule has 0 fully saturated rings. The van der Waals surface area contributed by atoms with Crippen molar-refractivity contribution in [3.63, 3.8) is 0 Å². The zero-order chi connectivity index (χ0) is 38.6. The van der Waals surface area contributed by atoms with Gasteiger partial charge in [-0.1, -0.05) is 29.3 Å². The van der Waals surface area contributed by atoms with Crippen LogP contribution in [-0.4, -0.2) is 69.8 Å². The Morgan fingerprint density at radius 3 is 2.33 bits per heavy atom. The number of methoxy groups -OCH3 is 1. The summed E-state index contributed by atoms with van der Waals surface area (Å²) in [6.45, 7) is 11.3. The van der Waals surface area contributed by atoms with Crippen LogP contribution in [0.4, 0.5) is 5.69 Å². The van der Waals surface area contributed by atoms with Crippen molar-refractivity contribution in [2.75, 3.05) is 38.4 Å². The van der Waals surface area contributed by atoms with Crippen LogP contribution in [0, 0.1) is 27.7 Å². The van der Waals surface area contributed by atoms with Crippen molar-refractivity contribution in [2.45, 2.75) is 53.5 Å². The summed E-state index contributed by atoms with van der Waals surface area (Å²) in [5.74, 6) is -0.0226. The van der Waals surface area contributed by atoms with E-state index < -0.39 is 5.97 Å². The molecule has 0 aliphatic carbocycles. The first kappa shape index (κ1) is 37.3. The summed E-state index contributed by atoms with van der Waals surface area (Å²) in [5, 5.41) is 20.5. The van der Waals surface area contributed by atoms with E-state index in [1.165, 1.54) is 0 Å². The van der Waals surface area contributed by atoms with Gasteiger partial charge >= 0.3 is 5.97 Å². The van der Waals surface area contributed by atoms with Crippen LogP contribution < -0.4 is 14.4 Å². The molecular formula is C41H43Cl2N5O6. The van der Waals surface area contributed by atoms with Crippen LogP contribution in [0.1, 0.15) is 68.4 Å². The number of nitrogens with one attached hydrogen (secondary N) is 1. The van der Waals surface area contributed by atoms with Gasteiger partial charge in [0.15, 0.2) is 0 Å². The molecule has 3 aromatic heterocycles. The zero-order valence-corrected chi connectivity index (χ0v) is 32.9. The van der Waals surface area contributed by atoms with Gasteiger partial charge in [0, 0.05) is 65.4 Å². The highest BCUT2D eigenvalue weighted by Crippen LogP contribution is 2.46. The Morgan fingerprint density at radius 1 is 0.963 bits per heavy atom. The molecule has 1 aliphatic heterocycles. The minimum atomic E-state index is -1.07. The number of carbonyl (C=O) groups is 2. The van der Waals surface area contributed by atoms with Crippen molar-refractivity contribution in [2.24, 2.45) is 7.05 Å². The number of benzene rings is 3. The number of aromatic amines is 1. The summed E-state index contributed by atoms with van der Waals surface area (Å²) < 4.78 is 21.2. The summed E-state index contributed by atoms with van der Waals surface area (Å²) in [5.41, 5.74) is 8.91. The lowest BCUT2D eigenvalue weighted by atomic mass is 9.98. The second-order valence-electron chi connectivity index (χ2n) is 14.0. The van der Waals surface area contributed by atoms with Crippen molar-refractivity contribution in [1.29, 1.82) is 0 Å². The maximum atomic E-state index is 15.2. The van der Waals surface area contributed by atoms with Crippen LogP contribution in [-0.2, 0) is 18.2 Å². The number of halogens is 2. The third kappa shape index (κ3) is 6.37. The van der Waals surface area contributed by atoms with Crippen molar-refractivity contribution in [3.8, 4) is 22.6 Å². The number of nitrogens with zero attached hydrogens (tertiary/aromatic N) is 4. The molecule has 0 saturated carbocycles. The topological polar surface area (TPSA) is 124 Å². The molecule has 6 aromatic rings. The van der Waals surface area contributed by atoms with Crippen molar-refractivity contribution in [1.82, 2.24) is 19.3 Å². The third-order valence-electron chi connectivity index (χ3n) is 10.3. The van der Waals surface area contributed by atoms with Gasteiger partial charge in [-0.3, -0.25) is 9.89 Å². The Kier molecular flexibility index (Phi) is 10.2. The summed E-state index contributed by atoms with van der Waals surface area (Å²) in [6.07, 6.45) is 1.17. The van der Waals surface area contributed by atoms with E-state index in [1.807, 2.05) is 58.0 Å².